The third kappa shape index (κ3) is 2.28. The zero-order valence-corrected chi connectivity index (χ0v) is 10.8. The first kappa shape index (κ1) is 11.0. The summed E-state index contributed by atoms with van der Waals surface area (Å²) < 4.78 is 0. The molecule has 0 spiro atoms. The molecule has 1 atom stereocenters. The van der Waals surface area contributed by atoms with Gasteiger partial charge in [0.25, 0.3) is 0 Å². The lowest BCUT2D eigenvalue weighted by Gasteiger charge is -2.03. The summed E-state index contributed by atoms with van der Waals surface area (Å²) in [4.78, 5) is 9.32. The number of H-pyrrole nitrogens is 1. The monoisotopic (exact) mass is 247 g/mol. The van der Waals surface area contributed by atoms with Crippen LogP contribution in [0.3, 0.4) is 0 Å². The number of aryl methyl sites for hydroxylation is 1. The van der Waals surface area contributed by atoms with Gasteiger partial charge in [0, 0.05) is 17.5 Å². The molecule has 17 heavy (non-hydrogen) atoms. The molecule has 0 radical (unpaired) electrons. The minimum absolute atomic E-state index is 0.775. The average molecular weight is 247 g/mol. The standard InChI is InChI=1S/C13H17N3S/c1-9-13(11-3-2-5-15-11)16-12(17-9)7-10-4-6-14-8-10/h2-3,5,10,14-15H,4,6-8H2,1H3. The molecule has 4 heteroatoms. The molecule has 3 nitrogen and oxygen atoms in total. The topological polar surface area (TPSA) is 40.7 Å². The maximum absolute atomic E-state index is 4.78. The minimum Gasteiger partial charge on any atom is -0.360 e. The van der Waals surface area contributed by atoms with Gasteiger partial charge in [0.05, 0.1) is 10.7 Å². The Labute approximate surface area is 105 Å². The highest BCUT2D eigenvalue weighted by molar-refractivity contribution is 7.12. The van der Waals surface area contributed by atoms with E-state index in [0.29, 0.717) is 0 Å². The van der Waals surface area contributed by atoms with Crippen LogP contribution in [0, 0.1) is 12.8 Å². The Kier molecular flexibility index (Phi) is 2.99. The van der Waals surface area contributed by atoms with Crippen LogP contribution < -0.4 is 5.32 Å². The van der Waals surface area contributed by atoms with Crippen LogP contribution in [0.4, 0.5) is 0 Å². The number of aromatic nitrogens is 2. The quantitative estimate of drug-likeness (QED) is 0.875. The van der Waals surface area contributed by atoms with E-state index in [1.54, 1.807) is 0 Å². The van der Waals surface area contributed by atoms with Crippen LogP contribution >= 0.6 is 11.3 Å². The SMILES string of the molecule is Cc1sc(CC2CCNC2)nc1-c1ccc[nH]1. The molecule has 1 aliphatic heterocycles. The average Bonchev–Trinajstić information content (AvgIpc) is 3.00. The van der Waals surface area contributed by atoms with E-state index in [-0.39, 0.29) is 0 Å². The Bertz CT molecular complexity index is 481. The van der Waals surface area contributed by atoms with E-state index >= 15 is 0 Å². The number of aromatic amines is 1. The molecule has 90 valence electrons. The Morgan fingerprint density at radius 1 is 1.53 bits per heavy atom. The summed E-state index contributed by atoms with van der Waals surface area (Å²) in [5.74, 6) is 0.775. The van der Waals surface area contributed by atoms with E-state index in [9.17, 15) is 0 Å². The lowest BCUT2D eigenvalue weighted by molar-refractivity contribution is 0.578. The Balaban J connectivity index is 1.80. The van der Waals surface area contributed by atoms with E-state index in [1.807, 2.05) is 23.6 Å². The van der Waals surface area contributed by atoms with Gasteiger partial charge in [0.2, 0.25) is 0 Å². The van der Waals surface area contributed by atoms with E-state index in [0.717, 1.165) is 30.3 Å². The molecule has 3 heterocycles. The van der Waals surface area contributed by atoms with Crippen molar-refractivity contribution in [1.29, 1.82) is 0 Å². The van der Waals surface area contributed by atoms with Crippen LogP contribution in [-0.2, 0) is 6.42 Å². The number of hydrogen-bond donors (Lipinski definition) is 2. The smallest absolute Gasteiger partial charge is 0.101 e. The summed E-state index contributed by atoms with van der Waals surface area (Å²) in [5.41, 5.74) is 2.26. The molecule has 1 fully saturated rings. The Morgan fingerprint density at radius 3 is 3.18 bits per heavy atom. The molecular formula is C13H17N3S. The first-order valence-corrected chi connectivity index (χ1v) is 6.95. The van der Waals surface area contributed by atoms with Crippen LogP contribution in [0.25, 0.3) is 11.4 Å². The van der Waals surface area contributed by atoms with E-state index in [1.165, 1.54) is 22.9 Å². The summed E-state index contributed by atoms with van der Waals surface area (Å²) in [5, 5.41) is 4.69. The summed E-state index contributed by atoms with van der Waals surface area (Å²) >= 11 is 1.84. The van der Waals surface area contributed by atoms with Gasteiger partial charge in [0.1, 0.15) is 5.69 Å². The maximum Gasteiger partial charge on any atom is 0.101 e. The van der Waals surface area contributed by atoms with Gasteiger partial charge < -0.3 is 10.3 Å². The Morgan fingerprint density at radius 2 is 2.47 bits per heavy atom. The van der Waals surface area contributed by atoms with Crippen molar-refractivity contribution in [2.24, 2.45) is 5.92 Å². The van der Waals surface area contributed by atoms with Crippen molar-refractivity contribution in [3.8, 4) is 11.4 Å². The highest BCUT2D eigenvalue weighted by atomic mass is 32.1. The van der Waals surface area contributed by atoms with Gasteiger partial charge in [-0.1, -0.05) is 0 Å². The zero-order valence-electron chi connectivity index (χ0n) is 9.99. The third-order valence-corrected chi connectivity index (χ3v) is 4.31. The number of nitrogens with one attached hydrogen (secondary N) is 2. The number of hydrogen-bond acceptors (Lipinski definition) is 3. The molecule has 1 saturated heterocycles. The summed E-state index contributed by atoms with van der Waals surface area (Å²) in [6.45, 7) is 4.47. The molecule has 1 aliphatic rings. The largest absolute Gasteiger partial charge is 0.360 e. The molecule has 0 aromatic carbocycles. The first-order chi connectivity index (χ1) is 8.33. The first-order valence-electron chi connectivity index (χ1n) is 6.13. The molecule has 2 N–H and O–H groups in total. The molecule has 2 aromatic heterocycles. The highest BCUT2D eigenvalue weighted by Gasteiger charge is 2.18. The third-order valence-electron chi connectivity index (χ3n) is 3.32. The lowest BCUT2D eigenvalue weighted by atomic mass is 10.1. The van der Waals surface area contributed by atoms with Crippen molar-refractivity contribution < 1.29 is 0 Å². The molecule has 3 rings (SSSR count). The second-order valence-electron chi connectivity index (χ2n) is 4.66. The summed E-state index contributed by atoms with van der Waals surface area (Å²) in [7, 11) is 0. The molecular weight excluding hydrogens is 230 g/mol. The normalized spacial score (nSPS) is 19.9. The maximum atomic E-state index is 4.78. The van der Waals surface area contributed by atoms with Crippen molar-refractivity contribution in [2.45, 2.75) is 19.8 Å². The molecule has 0 saturated carbocycles. The van der Waals surface area contributed by atoms with Crippen LogP contribution in [0.2, 0.25) is 0 Å². The van der Waals surface area contributed by atoms with Crippen LogP contribution in [0.5, 0.6) is 0 Å². The summed E-state index contributed by atoms with van der Waals surface area (Å²) in [6, 6.07) is 4.11. The van der Waals surface area contributed by atoms with Gasteiger partial charge in [-0.15, -0.1) is 11.3 Å². The minimum atomic E-state index is 0.775. The predicted octanol–water partition coefficient (Wildman–Crippen LogP) is 2.60. The van der Waals surface area contributed by atoms with E-state index in [2.05, 4.69) is 23.3 Å². The lowest BCUT2D eigenvalue weighted by Crippen LogP contribution is -2.10. The van der Waals surface area contributed by atoms with E-state index in [4.69, 9.17) is 4.98 Å². The van der Waals surface area contributed by atoms with Crippen LogP contribution in [-0.4, -0.2) is 23.1 Å². The number of rotatable bonds is 3. The number of nitrogens with zero attached hydrogens (tertiary/aromatic N) is 1. The van der Waals surface area contributed by atoms with Crippen molar-refractivity contribution in [1.82, 2.24) is 15.3 Å². The molecule has 0 amide bonds. The highest BCUT2D eigenvalue weighted by Crippen LogP contribution is 2.28. The predicted molar refractivity (Wildman–Crippen MR) is 71.3 cm³/mol. The van der Waals surface area contributed by atoms with Crippen molar-refractivity contribution >= 4 is 11.3 Å². The van der Waals surface area contributed by atoms with Crippen molar-refractivity contribution in [3.63, 3.8) is 0 Å². The molecule has 0 bridgehead atoms. The van der Waals surface area contributed by atoms with Crippen LogP contribution in [0.1, 0.15) is 16.3 Å². The number of thiazole rings is 1. The summed E-state index contributed by atoms with van der Waals surface area (Å²) in [6.07, 6.45) is 4.37. The van der Waals surface area contributed by atoms with Gasteiger partial charge in [0.15, 0.2) is 0 Å². The molecule has 2 aromatic rings. The van der Waals surface area contributed by atoms with Gasteiger partial charge in [-0.25, -0.2) is 4.98 Å². The fourth-order valence-corrected chi connectivity index (χ4v) is 3.46. The van der Waals surface area contributed by atoms with Crippen molar-refractivity contribution in [2.75, 3.05) is 13.1 Å². The second-order valence-corrected chi connectivity index (χ2v) is 5.95. The van der Waals surface area contributed by atoms with Gasteiger partial charge in [-0.2, -0.15) is 0 Å². The van der Waals surface area contributed by atoms with Gasteiger partial charge in [-0.05, 0) is 44.5 Å². The fraction of sp³-hybridized carbons (Fsp3) is 0.462. The van der Waals surface area contributed by atoms with Gasteiger partial charge >= 0.3 is 0 Å². The van der Waals surface area contributed by atoms with Crippen LogP contribution in [0.15, 0.2) is 18.3 Å². The van der Waals surface area contributed by atoms with E-state index < -0.39 is 0 Å². The molecule has 0 aliphatic carbocycles. The fourth-order valence-electron chi connectivity index (χ4n) is 2.40. The zero-order chi connectivity index (χ0) is 11.7. The Hall–Kier alpha value is -1.13. The second kappa shape index (κ2) is 4.63. The van der Waals surface area contributed by atoms with Crippen molar-refractivity contribution in [3.05, 3.63) is 28.2 Å². The molecule has 1 unspecified atom stereocenters. The van der Waals surface area contributed by atoms with Gasteiger partial charge in [-0.3, -0.25) is 0 Å².